The molecule has 3 atom stereocenters. The van der Waals surface area contributed by atoms with Crippen LogP contribution in [-0.2, 0) is 14.3 Å². The van der Waals surface area contributed by atoms with E-state index in [9.17, 15) is 31.9 Å². The molecule has 1 heterocycles. The van der Waals surface area contributed by atoms with Gasteiger partial charge >= 0.3 is 23.9 Å². The molecule has 5 nitrogen and oxygen atoms in total. The number of halogens is 5. The summed E-state index contributed by atoms with van der Waals surface area (Å²) in [4.78, 5) is 11.7. The Kier molecular flexibility index (Phi) is 4.89. The Balaban J connectivity index is 2.00. The summed E-state index contributed by atoms with van der Waals surface area (Å²) < 4.78 is 73.5. The molecule has 23 heavy (non-hydrogen) atoms. The van der Waals surface area contributed by atoms with Gasteiger partial charge in [-0.2, -0.15) is 22.0 Å². The number of hydrogen-bond donors (Lipinski definition) is 2. The third-order valence-electron chi connectivity index (χ3n) is 4.21. The van der Waals surface area contributed by atoms with E-state index < -0.39 is 48.6 Å². The second kappa shape index (κ2) is 6.14. The molecule has 1 aliphatic heterocycles. The van der Waals surface area contributed by atoms with E-state index in [0.29, 0.717) is 12.8 Å². The average molecular weight is 348 g/mol. The lowest BCUT2D eigenvalue weighted by molar-refractivity contribution is -0.409. The van der Waals surface area contributed by atoms with Crippen LogP contribution in [-0.4, -0.2) is 52.9 Å². The van der Waals surface area contributed by atoms with Crippen molar-refractivity contribution in [2.45, 2.75) is 62.2 Å². The maximum atomic E-state index is 13.5. The summed E-state index contributed by atoms with van der Waals surface area (Å²) in [6.45, 7) is -0.996. The first-order chi connectivity index (χ1) is 10.5. The quantitative estimate of drug-likeness (QED) is 0.600. The summed E-state index contributed by atoms with van der Waals surface area (Å²) in [6.07, 6.45) is -7.29. The molecule has 10 heteroatoms. The summed E-state index contributed by atoms with van der Waals surface area (Å²) in [5, 5.41) is 18.4. The van der Waals surface area contributed by atoms with Crippen LogP contribution >= 0.6 is 0 Å². The molecular formula is C13H17F5O5. The molecule has 3 unspecified atom stereocenters. The first kappa shape index (κ1) is 18.3. The van der Waals surface area contributed by atoms with Gasteiger partial charge in [0.2, 0.25) is 0 Å². The molecule has 1 saturated carbocycles. The van der Waals surface area contributed by atoms with Crippen molar-refractivity contribution in [3.8, 4) is 0 Å². The smallest absolute Gasteiger partial charge is 0.449 e. The molecule has 1 aliphatic carbocycles. The number of hydrogen-bond acceptors (Lipinski definition) is 5. The van der Waals surface area contributed by atoms with Crippen LogP contribution in [0.15, 0.2) is 0 Å². The van der Waals surface area contributed by atoms with Gasteiger partial charge in [0, 0.05) is 0 Å². The number of ether oxygens (including phenoxy) is 2. The molecule has 2 rings (SSSR count). The topological polar surface area (TPSA) is 76.0 Å². The van der Waals surface area contributed by atoms with Crippen LogP contribution in [0.2, 0.25) is 0 Å². The number of aliphatic hydroxyl groups excluding tert-OH is 1. The summed E-state index contributed by atoms with van der Waals surface area (Å²) in [6, 6.07) is 0. The predicted octanol–water partition coefficient (Wildman–Crippen LogP) is 1.76. The van der Waals surface area contributed by atoms with E-state index in [2.05, 4.69) is 4.74 Å². The van der Waals surface area contributed by atoms with Gasteiger partial charge in [-0.05, 0) is 12.8 Å². The minimum Gasteiger partial charge on any atom is -0.463 e. The minimum absolute atomic E-state index is 0.440. The zero-order valence-corrected chi connectivity index (χ0v) is 12.0. The third-order valence-corrected chi connectivity index (χ3v) is 4.21. The standard InChI is InChI=1S/C13H17F5O5/c14-11(15)9(19)8(23-12(11,21)13(16,17)18)6-22-10(20)7-4-2-1-3-5-7/h7-9,19,21H,1-6H2. The normalized spacial score (nSPS) is 35.3. The lowest BCUT2D eigenvalue weighted by Crippen LogP contribution is -2.59. The van der Waals surface area contributed by atoms with E-state index in [-0.39, 0.29) is 0 Å². The Labute approximate surface area is 128 Å². The highest BCUT2D eigenvalue weighted by Crippen LogP contribution is 2.51. The van der Waals surface area contributed by atoms with Crippen LogP contribution in [0.1, 0.15) is 32.1 Å². The summed E-state index contributed by atoms with van der Waals surface area (Å²) in [5.41, 5.74) is 0. The van der Waals surface area contributed by atoms with Crippen molar-refractivity contribution in [1.29, 1.82) is 0 Å². The van der Waals surface area contributed by atoms with Crippen molar-refractivity contribution in [3.05, 3.63) is 0 Å². The van der Waals surface area contributed by atoms with Crippen LogP contribution in [0.3, 0.4) is 0 Å². The SMILES string of the molecule is O=C(OCC1OC(O)(C(F)(F)F)C(F)(F)C1O)C1CCCCC1. The number of esters is 1. The predicted molar refractivity (Wildman–Crippen MR) is 64.4 cm³/mol. The monoisotopic (exact) mass is 348 g/mol. The summed E-state index contributed by atoms with van der Waals surface area (Å²) >= 11 is 0. The maximum Gasteiger partial charge on any atom is 0.449 e. The van der Waals surface area contributed by atoms with Gasteiger partial charge in [-0.25, -0.2) is 0 Å². The van der Waals surface area contributed by atoms with Gasteiger partial charge in [-0.15, -0.1) is 0 Å². The first-order valence-electron chi connectivity index (χ1n) is 7.20. The third kappa shape index (κ3) is 3.16. The van der Waals surface area contributed by atoms with Crippen molar-refractivity contribution >= 4 is 5.97 Å². The van der Waals surface area contributed by atoms with Gasteiger partial charge in [-0.3, -0.25) is 4.79 Å². The highest BCUT2D eigenvalue weighted by molar-refractivity contribution is 5.72. The molecule has 0 aromatic heterocycles. The van der Waals surface area contributed by atoms with E-state index in [4.69, 9.17) is 9.84 Å². The second-order valence-electron chi connectivity index (χ2n) is 5.83. The Bertz CT molecular complexity index is 449. The zero-order chi connectivity index (χ0) is 17.5. The number of rotatable bonds is 3. The van der Waals surface area contributed by atoms with Crippen molar-refractivity contribution in [1.82, 2.24) is 0 Å². The second-order valence-corrected chi connectivity index (χ2v) is 5.83. The number of alkyl halides is 5. The molecule has 2 fully saturated rings. The van der Waals surface area contributed by atoms with Crippen LogP contribution < -0.4 is 0 Å². The van der Waals surface area contributed by atoms with Crippen LogP contribution in [0.4, 0.5) is 22.0 Å². The number of carbonyl (C=O) groups is 1. The Morgan fingerprint density at radius 1 is 1.22 bits per heavy atom. The van der Waals surface area contributed by atoms with Gasteiger partial charge in [-0.1, -0.05) is 19.3 Å². The summed E-state index contributed by atoms with van der Waals surface area (Å²) in [5.74, 6) is -11.0. The average Bonchev–Trinajstić information content (AvgIpc) is 2.66. The molecule has 0 radical (unpaired) electrons. The van der Waals surface area contributed by atoms with Gasteiger partial charge in [0.25, 0.3) is 0 Å². The molecule has 0 amide bonds. The van der Waals surface area contributed by atoms with Gasteiger partial charge in [0.1, 0.15) is 12.7 Å². The summed E-state index contributed by atoms with van der Waals surface area (Å²) in [7, 11) is 0. The molecule has 2 N–H and O–H groups in total. The van der Waals surface area contributed by atoms with E-state index >= 15 is 0 Å². The highest BCUT2D eigenvalue weighted by Gasteiger charge is 2.79. The van der Waals surface area contributed by atoms with Gasteiger partial charge in [0.05, 0.1) is 5.92 Å². The molecule has 0 bridgehead atoms. The largest absolute Gasteiger partial charge is 0.463 e. The van der Waals surface area contributed by atoms with Crippen LogP contribution in [0, 0.1) is 5.92 Å². The van der Waals surface area contributed by atoms with Crippen molar-refractivity contribution in [3.63, 3.8) is 0 Å². The van der Waals surface area contributed by atoms with Crippen LogP contribution in [0.5, 0.6) is 0 Å². The Hall–Kier alpha value is -1.00. The molecule has 0 aromatic rings. The van der Waals surface area contributed by atoms with Crippen molar-refractivity contribution < 1.29 is 46.4 Å². The lowest BCUT2D eigenvalue weighted by atomic mass is 9.89. The van der Waals surface area contributed by atoms with E-state index in [0.717, 1.165) is 19.3 Å². The van der Waals surface area contributed by atoms with Gasteiger partial charge < -0.3 is 19.7 Å². The lowest BCUT2D eigenvalue weighted by Gasteiger charge is -2.30. The molecule has 0 aromatic carbocycles. The van der Waals surface area contributed by atoms with Gasteiger partial charge in [0.15, 0.2) is 6.10 Å². The fraction of sp³-hybridized carbons (Fsp3) is 0.923. The number of carbonyl (C=O) groups excluding carboxylic acids is 1. The fourth-order valence-corrected chi connectivity index (χ4v) is 2.80. The van der Waals surface area contributed by atoms with Crippen molar-refractivity contribution in [2.24, 2.45) is 5.92 Å². The van der Waals surface area contributed by atoms with E-state index in [1.165, 1.54) is 0 Å². The zero-order valence-electron chi connectivity index (χ0n) is 12.0. The molecule has 2 aliphatic rings. The Morgan fingerprint density at radius 3 is 2.26 bits per heavy atom. The molecule has 1 saturated heterocycles. The molecule has 134 valence electrons. The van der Waals surface area contributed by atoms with E-state index in [1.54, 1.807) is 0 Å². The van der Waals surface area contributed by atoms with E-state index in [1.807, 2.05) is 0 Å². The Morgan fingerprint density at radius 2 is 1.78 bits per heavy atom. The van der Waals surface area contributed by atoms with Crippen LogP contribution in [0.25, 0.3) is 0 Å². The first-order valence-corrected chi connectivity index (χ1v) is 7.20. The minimum atomic E-state index is -5.82. The number of aliphatic hydroxyl groups is 2. The molecular weight excluding hydrogens is 331 g/mol. The molecule has 0 spiro atoms. The van der Waals surface area contributed by atoms with Crippen molar-refractivity contribution in [2.75, 3.05) is 6.61 Å². The maximum absolute atomic E-state index is 13.5. The highest BCUT2D eigenvalue weighted by atomic mass is 19.4. The fourth-order valence-electron chi connectivity index (χ4n) is 2.80.